The molecule has 0 aromatic carbocycles. The molecule has 0 saturated heterocycles. The molecule has 170 valence electrons. The molecule has 8 heteroatoms. The Morgan fingerprint density at radius 3 is 2.62 bits per heavy atom. The first-order chi connectivity index (χ1) is 15.4. The lowest BCUT2D eigenvalue weighted by molar-refractivity contribution is 0.0988. The fraction of sp³-hybridized carbons (Fsp3) is 0.500. The van der Waals surface area contributed by atoms with E-state index in [0.717, 1.165) is 41.5 Å². The Bertz CT molecular complexity index is 1110. The van der Waals surface area contributed by atoms with E-state index < -0.39 is 0 Å². The van der Waals surface area contributed by atoms with Crippen molar-refractivity contribution in [1.82, 2.24) is 19.7 Å². The number of nitrogens with zero attached hydrogens (tertiary/aromatic N) is 3. The van der Waals surface area contributed by atoms with Crippen LogP contribution in [-0.4, -0.2) is 36.6 Å². The van der Waals surface area contributed by atoms with Crippen molar-refractivity contribution in [3.63, 3.8) is 0 Å². The second-order valence-electron chi connectivity index (χ2n) is 8.62. The molecule has 1 fully saturated rings. The van der Waals surface area contributed by atoms with Crippen LogP contribution in [0.5, 0.6) is 0 Å². The number of aromatic amines is 1. The van der Waals surface area contributed by atoms with Crippen LogP contribution in [0.4, 0.5) is 0 Å². The van der Waals surface area contributed by atoms with Crippen molar-refractivity contribution in [1.29, 1.82) is 0 Å². The van der Waals surface area contributed by atoms with Crippen LogP contribution in [-0.2, 0) is 6.42 Å². The third-order valence-electron chi connectivity index (χ3n) is 6.27. The zero-order valence-corrected chi connectivity index (χ0v) is 20.7. The first kappa shape index (κ1) is 23.0. The maximum absolute atomic E-state index is 13.3. The summed E-state index contributed by atoms with van der Waals surface area (Å²) in [5, 5.41) is 11.6. The lowest BCUT2D eigenvalue weighted by Gasteiger charge is -2.26. The highest BCUT2D eigenvalue weighted by Gasteiger charge is 2.28. The fourth-order valence-corrected chi connectivity index (χ4v) is 6.42. The number of carbonyl (C=O) groups is 2. The number of Topliss-reactive ketones (excluding diaryl/α,β-unsaturated/α-hetero) is 2. The highest BCUT2D eigenvalue weighted by molar-refractivity contribution is 8.00. The number of aromatic nitrogens is 4. The molecule has 32 heavy (non-hydrogen) atoms. The van der Waals surface area contributed by atoms with Gasteiger partial charge in [0.1, 0.15) is 5.82 Å². The van der Waals surface area contributed by atoms with Crippen molar-refractivity contribution in [2.75, 3.05) is 0 Å². The van der Waals surface area contributed by atoms with Gasteiger partial charge in [0.05, 0.1) is 10.9 Å². The molecule has 6 nitrogen and oxygen atoms in total. The minimum absolute atomic E-state index is 0.0129. The van der Waals surface area contributed by atoms with E-state index >= 15 is 0 Å². The van der Waals surface area contributed by atoms with Crippen molar-refractivity contribution in [3.8, 4) is 0 Å². The third-order valence-corrected chi connectivity index (χ3v) is 8.21. The van der Waals surface area contributed by atoms with Gasteiger partial charge < -0.3 is 9.55 Å². The van der Waals surface area contributed by atoms with Gasteiger partial charge >= 0.3 is 0 Å². The largest absolute Gasteiger partial charge is 0.355 e. The van der Waals surface area contributed by atoms with Crippen molar-refractivity contribution in [2.24, 2.45) is 0 Å². The Labute approximate surface area is 197 Å². The molecular weight excluding hydrogens is 440 g/mol. The maximum atomic E-state index is 13.3. The van der Waals surface area contributed by atoms with Crippen LogP contribution in [0, 0.1) is 13.8 Å². The summed E-state index contributed by atoms with van der Waals surface area (Å²) in [7, 11) is 0. The molecule has 1 aliphatic carbocycles. The third kappa shape index (κ3) is 4.62. The van der Waals surface area contributed by atoms with E-state index in [1.54, 1.807) is 11.3 Å². The van der Waals surface area contributed by atoms with Crippen LogP contribution in [0.2, 0.25) is 0 Å². The average Bonchev–Trinajstić information content (AvgIpc) is 3.48. The summed E-state index contributed by atoms with van der Waals surface area (Å²) in [6.07, 6.45) is 6.73. The molecule has 1 saturated carbocycles. The van der Waals surface area contributed by atoms with Gasteiger partial charge in [0.25, 0.3) is 0 Å². The Kier molecular flexibility index (Phi) is 7.00. The first-order valence-corrected chi connectivity index (χ1v) is 13.0. The van der Waals surface area contributed by atoms with Crippen LogP contribution >= 0.6 is 23.1 Å². The van der Waals surface area contributed by atoms with Gasteiger partial charge in [0.2, 0.25) is 0 Å². The van der Waals surface area contributed by atoms with E-state index in [1.807, 2.05) is 20.8 Å². The molecule has 0 radical (unpaired) electrons. The molecule has 1 atom stereocenters. The van der Waals surface area contributed by atoms with Gasteiger partial charge in [-0.3, -0.25) is 9.59 Å². The number of aryl methyl sites for hydroxylation is 1. The number of H-pyrrole nitrogens is 1. The standard InChI is InChI=1S/C24H30N4O2S2/c1-14-21(16(3)29)15(2)25-22(14)23(30)17(4)32-24-27-26-20(13-19-11-8-12-31-19)28(24)18-9-6-5-7-10-18/h8,11-12,17-18,25H,5-7,9-10,13H2,1-4H3/t17-/m1/s1. The molecule has 0 aliphatic heterocycles. The summed E-state index contributed by atoms with van der Waals surface area (Å²) in [4.78, 5) is 29.7. The van der Waals surface area contributed by atoms with Crippen molar-refractivity contribution in [3.05, 3.63) is 50.7 Å². The second-order valence-corrected chi connectivity index (χ2v) is 11.0. The Balaban J connectivity index is 1.60. The van der Waals surface area contributed by atoms with Crippen LogP contribution in [0.1, 0.15) is 94.8 Å². The van der Waals surface area contributed by atoms with Crippen molar-refractivity contribution >= 4 is 34.7 Å². The molecular formula is C24H30N4O2S2. The maximum Gasteiger partial charge on any atom is 0.192 e. The summed E-state index contributed by atoms with van der Waals surface area (Å²) in [6.45, 7) is 7.13. The summed E-state index contributed by atoms with van der Waals surface area (Å²) in [5.41, 5.74) is 2.63. The molecule has 3 aromatic heterocycles. The van der Waals surface area contributed by atoms with Gasteiger partial charge in [0, 0.05) is 28.6 Å². The lowest BCUT2D eigenvalue weighted by atomic mass is 9.95. The SMILES string of the molecule is CC(=O)c1c(C)[nH]c(C(=O)[C@@H](C)Sc2nnc(Cc3cccs3)n2C2CCCCC2)c1C. The van der Waals surface area contributed by atoms with Crippen molar-refractivity contribution in [2.45, 2.75) is 82.7 Å². The lowest BCUT2D eigenvalue weighted by Crippen LogP contribution is -2.20. The molecule has 0 amide bonds. The zero-order chi connectivity index (χ0) is 22.8. The van der Waals surface area contributed by atoms with Crippen LogP contribution in [0.25, 0.3) is 0 Å². The fourth-order valence-electron chi connectivity index (χ4n) is 4.72. The number of ketones is 2. The smallest absolute Gasteiger partial charge is 0.192 e. The Morgan fingerprint density at radius 1 is 1.25 bits per heavy atom. The number of hydrogen-bond donors (Lipinski definition) is 1. The molecule has 1 N–H and O–H groups in total. The topological polar surface area (TPSA) is 80.6 Å². The summed E-state index contributed by atoms with van der Waals surface area (Å²) in [6, 6.07) is 4.58. The molecule has 0 spiro atoms. The van der Waals surface area contributed by atoms with E-state index in [-0.39, 0.29) is 16.8 Å². The van der Waals surface area contributed by atoms with Gasteiger partial charge in [-0.05, 0) is 57.5 Å². The number of thioether (sulfide) groups is 1. The number of carbonyl (C=O) groups excluding carboxylic acids is 2. The molecule has 1 aliphatic rings. The van der Waals surface area contributed by atoms with Gasteiger partial charge in [-0.25, -0.2) is 0 Å². The summed E-state index contributed by atoms with van der Waals surface area (Å²) in [5.74, 6) is 0.944. The number of thiophene rings is 1. The Morgan fingerprint density at radius 2 is 2.00 bits per heavy atom. The minimum Gasteiger partial charge on any atom is -0.355 e. The second kappa shape index (κ2) is 9.75. The first-order valence-electron chi connectivity index (χ1n) is 11.2. The van der Waals surface area contributed by atoms with Gasteiger partial charge in [0.15, 0.2) is 16.7 Å². The van der Waals surface area contributed by atoms with Crippen LogP contribution in [0.3, 0.4) is 0 Å². The average molecular weight is 471 g/mol. The van der Waals surface area contributed by atoms with Gasteiger partial charge in [-0.1, -0.05) is 37.1 Å². The summed E-state index contributed by atoms with van der Waals surface area (Å²) >= 11 is 3.20. The Hall–Kier alpha value is -2.19. The number of hydrogen-bond acceptors (Lipinski definition) is 6. The van der Waals surface area contributed by atoms with E-state index in [4.69, 9.17) is 0 Å². The molecule has 0 bridgehead atoms. The van der Waals surface area contributed by atoms with Crippen LogP contribution in [0.15, 0.2) is 22.7 Å². The van der Waals surface area contributed by atoms with Crippen molar-refractivity contribution < 1.29 is 9.59 Å². The zero-order valence-electron chi connectivity index (χ0n) is 19.1. The predicted molar refractivity (Wildman–Crippen MR) is 129 cm³/mol. The monoisotopic (exact) mass is 470 g/mol. The molecule has 3 heterocycles. The predicted octanol–water partition coefficient (Wildman–Crippen LogP) is 5.95. The summed E-state index contributed by atoms with van der Waals surface area (Å²) < 4.78 is 2.29. The molecule has 3 aromatic rings. The van der Waals surface area contributed by atoms with Gasteiger partial charge in [-0.15, -0.1) is 21.5 Å². The molecule has 0 unspecified atom stereocenters. The van der Waals surface area contributed by atoms with E-state index in [9.17, 15) is 9.59 Å². The number of rotatable bonds is 8. The minimum atomic E-state index is -0.340. The normalized spacial score (nSPS) is 15.8. The van der Waals surface area contributed by atoms with E-state index in [1.165, 1.54) is 42.8 Å². The van der Waals surface area contributed by atoms with E-state index in [0.29, 0.717) is 17.3 Å². The quantitative estimate of drug-likeness (QED) is 0.325. The van der Waals surface area contributed by atoms with Gasteiger partial charge in [-0.2, -0.15) is 0 Å². The van der Waals surface area contributed by atoms with Crippen LogP contribution < -0.4 is 0 Å². The highest BCUT2D eigenvalue weighted by Crippen LogP contribution is 2.35. The highest BCUT2D eigenvalue weighted by atomic mass is 32.2. The molecule has 4 rings (SSSR count). The number of nitrogens with one attached hydrogen (secondary N) is 1. The van der Waals surface area contributed by atoms with E-state index in [2.05, 4.69) is 37.3 Å².